The summed E-state index contributed by atoms with van der Waals surface area (Å²) in [5.41, 5.74) is 0.244. The van der Waals surface area contributed by atoms with Crippen LogP contribution in [0.5, 0.6) is 0 Å². The number of rotatable bonds is 7. The fourth-order valence-corrected chi connectivity index (χ4v) is 1.82. The zero-order valence-corrected chi connectivity index (χ0v) is 9.28. The third kappa shape index (κ3) is 4.29. The van der Waals surface area contributed by atoms with Crippen LogP contribution in [0.3, 0.4) is 0 Å². The molecular formula is C11H18F3NO. The molecule has 94 valence electrons. The summed E-state index contributed by atoms with van der Waals surface area (Å²) in [7, 11) is 0. The highest BCUT2D eigenvalue weighted by molar-refractivity contribution is 4.96. The largest absolute Gasteiger partial charge is 0.411 e. The molecule has 0 amide bonds. The van der Waals surface area contributed by atoms with Crippen LogP contribution in [0.25, 0.3) is 0 Å². The van der Waals surface area contributed by atoms with Crippen LogP contribution in [0.1, 0.15) is 32.1 Å². The van der Waals surface area contributed by atoms with Gasteiger partial charge in [0.05, 0.1) is 0 Å². The molecule has 2 aliphatic rings. The monoisotopic (exact) mass is 237 g/mol. The predicted octanol–water partition coefficient (Wildman–Crippen LogP) is 2.49. The Balaban J connectivity index is 1.54. The Morgan fingerprint density at radius 3 is 2.44 bits per heavy atom. The number of halogens is 3. The molecule has 1 N–H and O–H groups in total. The highest BCUT2D eigenvalue weighted by atomic mass is 19.4. The van der Waals surface area contributed by atoms with Crippen molar-refractivity contribution in [3.63, 3.8) is 0 Å². The molecule has 0 atom stereocenters. The van der Waals surface area contributed by atoms with E-state index in [0.717, 1.165) is 25.8 Å². The van der Waals surface area contributed by atoms with E-state index in [4.69, 9.17) is 0 Å². The molecule has 0 aromatic rings. The van der Waals surface area contributed by atoms with E-state index in [-0.39, 0.29) is 12.0 Å². The van der Waals surface area contributed by atoms with Crippen molar-refractivity contribution in [2.75, 3.05) is 19.8 Å². The summed E-state index contributed by atoms with van der Waals surface area (Å²) in [4.78, 5) is 0. The van der Waals surface area contributed by atoms with E-state index in [1.165, 1.54) is 12.8 Å². The van der Waals surface area contributed by atoms with Crippen LogP contribution in [0.15, 0.2) is 0 Å². The van der Waals surface area contributed by atoms with Crippen LogP contribution in [0.4, 0.5) is 13.2 Å². The Bertz CT molecular complexity index is 234. The minimum atomic E-state index is -4.19. The van der Waals surface area contributed by atoms with Gasteiger partial charge in [0.25, 0.3) is 0 Å². The molecule has 0 unspecified atom stereocenters. The Morgan fingerprint density at radius 2 is 1.94 bits per heavy atom. The van der Waals surface area contributed by atoms with Crippen LogP contribution in [0, 0.1) is 5.41 Å². The first-order valence-corrected chi connectivity index (χ1v) is 5.87. The zero-order valence-electron chi connectivity index (χ0n) is 9.28. The van der Waals surface area contributed by atoms with Crippen LogP contribution < -0.4 is 5.32 Å². The van der Waals surface area contributed by atoms with Gasteiger partial charge in [-0.3, -0.25) is 0 Å². The van der Waals surface area contributed by atoms with Crippen molar-refractivity contribution in [1.82, 2.24) is 5.32 Å². The molecule has 2 aliphatic carbocycles. The maximum atomic E-state index is 11.8. The van der Waals surface area contributed by atoms with E-state index in [0.29, 0.717) is 6.04 Å². The average Bonchev–Trinajstić information content (AvgIpc) is 3.04. The van der Waals surface area contributed by atoms with E-state index >= 15 is 0 Å². The lowest BCUT2D eigenvalue weighted by Gasteiger charge is -2.16. The fourth-order valence-electron chi connectivity index (χ4n) is 1.82. The van der Waals surface area contributed by atoms with Gasteiger partial charge in [-0.2, -0.15) is 13.2 Å². The lowest BCUT2D eigenvalue weighted by Crippen LogP contribution is -2.27. The molecule has 0 spiro atoms. The van der Waals surface area contributed by atoms with Crippen molar-refractivity contribution in [2.45, 2.75) is 44.3 Å². The van der Waals surface area contributed by atoms with E-state index < -0.39 is 12.8 Å². The Hall–Kier alpha value is -0.290. The minimum absolute atomic E-state index is 0.228. The van der Waals surface area contributed by atoms with Gasteiger partial charge in [-0.15, -0.1) is 0 Å². The second-order valence-electron chi connectivity index (χ2n) is 5.07. The molecule has 0 bridgehead atoms. The van der Waals surface area contributed by atoms with Crippen molar-refractivity contribution in [3.05, 3.63) is 0 Å². The predicted molar refractivity (Wildman–Crippen MR) is 54.2 cm³/mol. The summed E-state index contributed by atoms with van der Waals surface area (Å²) in [6, 6.07) is 0.675. The van der Waals surface area contributed by atoms with Gasteiger partial charge in [0.1, 0.15) is 6.61 Å². The normalized spacial score (nSPS) is 23.4. The Morgan fingerprint density at radius 1 is 1.25 bits per heavy atom. The van der Waals surface area contributed by atoms with Crippen molar-refractivity contribution in [3.8, 4) is 0 Å². The smallest absolute Gasteiger partial charge is 0.372 e. The molecule has 2 rings (SSSR count). The van der Waals surface area contributed by atoms with Gasteiger partial charge in [-0.25, -0.2) is 0 Å². The van der Waals surface area contributed by atoms with Crippen LogP contribution in [-0.4, -0.2) is 32.0 Å². The Kier molecular flexibility index (Phi) is 3.45. The van der Waals surface area contributed by atoms with E-state index in [1.807, 2.05) is 0 Å². The maximum Gasteiger partial charge on any atom is 0.411 e. The molecule has 16 heavy (non-hydrogen) atoms. The first-order valence-electron chi connectivity index (χ1n) is 5.87. The molecule has 5 heteroatoms. The van der Waals surface area contributed by atoms with E-state index in [1.54, 1.807) is 0 Å². The summed E-state index contributed by atoms with van der Waals surface area (Å²) >= 11 is 0. The third-order valence-electron chi connectivity index (χ3n) is 3.34. The topological polar surface area (TPSA) is 21.3 Å². The summed E-state index contributed by atoms with van der Waals surface area (Å²) in [6.45, 7) is 0.0675. The summed E-state index contributed by atoms with van der Waals surface area (Å²) in [6.07, 6.45) is 1.32. The van der Waals surface area contributed by atoms with Crippen LogP contribution in [0.2, 0.25) is 0 Å². The standard InChI is InChI=1S/C11H18F3NO/c12-11(13,14)8-16-6-5-10(3-4-10)7-15-9-1-2-9/h9,15H,1-8H2. The zero-order chi connectivity index (χ0) is 11.6. The van der Waals surface area contributed by atoms with Crippen LogP contribution >= 0.6 is 0 Å². The van der Waals surface area contributed by atoms with Gasteiger partial charge in [-0.05, 0) is 37.5 Å². The molecular weight excluding hydrogens is 219 g/mol. The molecule has 0 saturated heterocycles. The van der Waals surface area contributed by atoms with E-state index in [9.17, 15) is 13.2 Å². The number of hydrogen-bond donors (Lipinski definition) is 1. The molecule has 0 aromatic heterocycles. The van der Waals surface area contributed by atoms with Gasteiger partial charge in [0.2, 0.25) is 0 Å². The summed E-state index contributed by atoms with van der Waals surface area (Å²) < 4.78 is 40.1. The lowest BCUT2D eigenvalue weighted by atomic mass is 10.0. The number of nitrogens with one attached hydrogen (secondary N) is 1. The van der Waals surface area contributed by atoms with Crippen molar-refractivity contribution in [1.29, 1.82) is 0 Å². The van der Waals surface area contributed by atoms with Crippen molar-refractivity contribution in [2.24, 2.45) is 5.41 Å². The molecule has 2 fully saturated rings. The first-order chi connectivity index (χ1) is 7.49. The van der Waals surface area contributed by atoms with Gasteiger partial charge >= 0.3 is 6.18 Å². The number of alkyl halides is 3. The van der Waals surface area contributed by atoms with Crippen LogP contribution in [-0.2, 0) is 4.74 Å². The number of ether oxygens (including phenoxy) is 1. The minimum Gasteiger partial charge on any atom is -0.372 e. The van der Waals surface area contributed by atoms with Gasteiger partial charge in [0.15, 0.2) is 0 Å². The molecule has 0 aliphatic heterocycles. The SMILES string of the molecule is FC(F)(F)COCCC1(CNC2CC2)CC1. The molecule has 2 nitrogen and oxygen atoms in total. The van der Waals surface area contributed by atoms with Gasteiger partial charge in [0, 0.05) is 19.2 Å². The average molecular weight is 237 g/mol. The molecule has 0 aromatic carbocycles. The number of hydrogen-bond acceptors (Lipinski definition) is 2. The maximum absolute atomic E-state index is 11.8. The van der Waals surface area contributed by atoms with Gasteiger partial charge in [-0.1, -0.05) is 0 Å². The second kappa shape index (κ2) is 4.53. The lowest BCUT2D eigenvalue weighted by molar-refractivity contribution is -0.174. The highest BCUT2D eigenvalue weighted by Crippen LogP contribution is 2.48. The summed E-state index contributed by atoms with van der Waals surface area (Å²) in [5.74, 6) is 0. The van der Waals surface area contributed by atoms with Crippen molar-refractivity contribution < 1.29 is 17.9 Å². The Labute approximate surface area is 93.5 Å². The van der Waals surface area contributed by atoms with E-state index in [2.05, 4.69) is 10.1 Å². The molecule has 0 heterocycles. The van der Waals surface area contributed by atoms with Crippen molar-refractivity contribution >= 4 is 0 Å². The fraction of sp³-hybridized carbons (Fsp3) is 1.00. The molecule has 0 radical (unpaired) electrons. The second-order valence-corrected chi connectivity index (χ2v) is 5.07. The first kappa shape index (κ1) is 12.2. The molecule has 2 saturated carbocycles. The quantitative estimate of drug-likeness (QED) is 0.687. The highest BCUT2D eigenvalue weighted by Gasteiger charge is 2.42. The summed E-state index contributed by atoms with van der Waals surface area (Å²) in [5, 5.41) is 3.44. The van der Waals surface area contributed by atoms with Gasteiger partial charge < -0.3 is 10.1 Å². The third-order valence-corrected chi connectivity index (χ3v) is 3.34.